The van der Waals surface area contributed by atoms with Crippen molar-refractivity contribution in [3.8, 4) is 0 Å². The molecule has 0 aromatic heterocycles. The van der Waals surface area contributed by atoms with Crippen molar-refractivity contribution in [3.05, 3.63) is 36.0 Å². The minimum atomic E-state index is -0.935. The van der Waals surface area contributed by atoms with E-state index in [0.29, 0.717) is 5.57 Å². The van der Waals surface area contributed by atoms with Crippen molar-refractivity contribution in [2.75, 3.05) is 13.2 Å². The number of hydrogen-bond acceptors (Lipinski definition) is 5. The summed E-state index contributed by atoms with van der Waals surface area (Å²) in [5.41, 5.74) is 0.960. The summed E-state index contributed by atoms with van der Waals surface area (Å²) in [6.45, 7) is 16.8. The standard InChI is InChI=1S/C9H16O2.2C4H6O2.C2H6O2/c1-7(8(10)11)5-6-9(2,3)4;2*1-3(2)4(5)6;3-1-2-4/h5H,6H2,1-4H3,(H,10,11);2*1H2,2H3,(H,5,6);3-4H,1-2H2. The molecule has 27 heavy (non-hydrogen) atoms. The van der Waals surface area contributed by atoms with Gasteiger partial charge in [0, 0.05) is 16.7 Å². The molecular formula is C19H34O8. The zero-order valence-corrected chi connectivity index (χ0v) is 17.1. The molecule has 0 aliphatic rings. The summed E-state index contributed by atoms with van der Waals surface area (Å²) >= 11 is 0. The Hall–Kier alpha value is -2.45. The van der Waals surface area contributed by atoms with Crippen LogP contribution in [0, 0.1) is 5.41 Å². The van der Waals surface area contributed by atoms with Crippen molar-refractivity contribution >= 4 is 17.9 Å². The number of carboxylic acids is 3. The highest BCUT2D eigenvalue weighted by atomic mass is 16.4. The lowest BCUT2D eigenvalue weighted by atomic mass is 9.91. The normalized spacial score (nSPS) is 9.85. The maximum absolute atomic E-state index is 10.3. The minimum absolute atomic E-state index is 0.125. The van der Waals surface area contributed by atoms with Crippen molar-refractivity contribution in [3.63, 3.8) is 0 Å². The van der Waals surface area contributed by atoms with E-state index in [1.807, 2.05) is 0 Å². The molecule has 0 aliphatic carbocycles. The maximum Gasteiger partial charge on any atom is 0.330 e. The SMILES string of the molecule is C=C(C)C(=O)O.C=C(C)C(=O)O.CC(=CCC(C)(C)C)C(=O)O.OCCO. The van der Waals surface area contributed by atoms with Crippen molar-refractivity contribution in [1.29, 1.82) is 0 Å². The first-order valence-electron chi connectivity index (χ1n) is 7.92. The van der Waals surface area contributed by atoms with Crippen LogP contribution in [0.4, 0.5) is 0 Å². The molecular weight excluding hydrogens is 356 g/mol. The molecule has 0 heterocycles. The fraction of sp³-hybridized carbons (Fsp3) is 0.526. The van der Waals surface area contributed by atoms with Crippen LogP contribution in [-0.2, 0) is 14.4 Å². The molecule has 0 radical (unpaired) electrons. The molecule has 0 atom stereocenters. The lowest BCUT2D eigenvalue weighted by Gasteiger charge is -2.14. The van der Waals surface area contributed by atoms with Crippen LogP contribution >= 0.6 is 0 Å². The molecule has 8 nitrogen and oxygen atoms in total. The van der Waals surface area contributed by atoms with Crippen molar-refractivity contribution < 1.29 is 39.9 Å². The molecule has 0 saturated heterocycles. The van der Waals surface area contributed by atoms with Crippen LogP contribution in [0.5, 0.6) is 0 Å². The summed E-state index contributed by atoms with van der Waals surface area (Å²) in [7, 11) is 0. The van der Waals surface area contributed by atoms with Gasteiger partial charge in [-0.15, -0.1) is 0 Å². The number of hydrogen-bond donors (Lipinski definition) is 5. The average Bonchev–Trinajstić information content (AvgIpc) is 2.52. The number of rotatable bonds is 5. The molecule has 0 aromatic rings. The summed E-state index contributed by atoms with van der Waals surface area (Å²) in [5.74, 6) is -2.70. The van der Waals surface area contributed by atoms with Crippen LogP contribution in [-0.4, -0.2) is 56.7 Å². The largest absolute Gasteiger partial charge is 0.478 e. The van der Waals surface area contributed by atoms with Crippen LogP contribution in [0.15, 0.2) is 36.0 Å². The van der Waals surface area contributed by atoms with Crippen LogP contribution in [0.3, 0.4) is 0 Å². The third kappa shape index (κ3) is 39.9. The number of carboxylic acid groups (broad SMARTS) is 3. The molecule has 0 aliphatic heterocycles. The maximum atomic E-state index is 10.3. The summed E-state index contributed by atoms with van der Waals surface area (Å²) in [6, 6.07) is 0. The molecule has 0 rings (SSSR count). The van der Waals surface area contributed by atoms with E-state index in [0.717, 1.165) is 6.42 Å². The van der Waals surface area contributed by atoms with Gasteiger partial charge in [0.15, 0.2) is 0 Å². The summed E-state index contributed by atoms with van der Waals surface area (Å²) in [5, 5.41) is 39.5. The fourth-order valence-corrected chi connectivity index (χ4v) is 0.547. The first-order chi connectivity index (χ1) is 12.0. The second-order valence-electron chi connectivity index (χ2n) is 6.58. The van der Waals surface area contributed by atoms with Gasteiger partial charge in [-0.3, -0.25) is 0 Å². The second kappa shape index (κ2) is 18.3. The van der Waals surface area contributed by atoms with Gasteiger partial charge in [0.1, 0.15) is 0 Å². The van der Waals surface area contributed by atoms with Gasteiger partial charge in [-0.1, -0.05) is 40.0 Å². The molecule has 0 spiro atoms. The van der Waals surface area contributed by atoms with Crippen molar-refractivity contribution in [2.45, 2.75) is 48.0 Å². The monoisotopic (exact) mass is 390 g/mol. The molecule has 0 bridgehead atoms. The van der Waals surface area contributed by atoms with E-state index in [2.05, 4.69) is 33.9 Å². The van der Waals surface area contributed by atoms with E-state index >= 15 is 0 Å². The topological polar surface area (TPSA) is 152 Å². The third-order valence-corrected chi connectivity index (χ3v) is 2.19. The Morgan fingerprint density at radius 3 is 1.15 bits per heavy atom. The van der Waals surface area contributed by atoms with Gasteiger partial charge in [0.2, 0.25) is 0 Å². The first kappa shape index (κ1) is 32.2. The zero-order valence-electron chi connectivity index (χ0n) is 17.1. The van der Waals surface area contributed by atoms with Gasteiger partial charge in [-0.05, 0) is 32.6 Å². The minimum Gasteiger partial charge on any atom is -0.478 e. The number of aliphatic hydroxyl groups is 2. The van der Waals surface area contributed by atoms with Crippen molar-refractivity contribution in [1.82, 2.24) is 0 Å². The highest BCUT2D eigenvalue weighted by molar-refractivity contribution is 5.86. The Morgan fingerprint density at radius 1 is 0.778 bits per heavy atom. The zero-order chi connectivity index (χ0) is 22.8. The highest BCUT2D eigenvalue weighted by Crippen LogP contribution is 2.19. The third-order valence-electron chi connectivity index (χ3n) is 2.19. The van der Waals surface area contributed by atoms with Crippen LogP contribution in [0.25, 0.3) is 0 Å². The number of allylic oxidation sites excluding steroid dienone is 1. The molecule has 8 heteroatoms. The average molecular weight is 390 g/mol. The van der Waals surface area contributed by atoms with Gasteiger partial charge in [-0.25, -0.2) is 14.4 Å². The summed E-state index contributed by atoms with van der Waals surface area (Å²) in [4.78, 5) is 29.5. The molecule has 0 amide bonds. The Labute approximate surface area is 161 Å². The summed E-state index contributed by atoms with van der Waals surface area (Å²) in [6.07, 6.45) is 2.58. The quantitative estimate of drug-likeness (QED) is 0.449. The van der Waals surface area contributed by atoms with Gasteiger partial charge in [0.25, 0.3) is 0 Å². The van der Waals surface area contributed by atoms with E-state index in [9.17, 15) is 14.4 Å². The van der Waals surface area contributed by atoms with Gasteiger partial charge in [0.05, 0.1) is 13.2 Å². The first-order valence-corrected chi connectivity index (χ1v) is 7.92. The Kier molecular flexibility index (Phi) is 21.9. The van der Waals surface area contributed by atoms with E-state index in [1.54, 1.807) is 13.0 Å². The predicted octanol–water partition coefficient (Wildman–Crippen LogP) is 2.72. The van der Waals surface area contributed by atoms with Gasteiger partial charge in [-0.2, -0.15) is 0 Å². The van der Waals surface area contributed by atoms with E-state index in [4.69, 9.17) is 25.5 Å². The van der Waals surface area contributed by atoms with Crippen LogP contribution in [0.1, 0.15) is 48.0 Å². The fourth-order valence-electron chi connectivity index (χ4n) is 0.547. The second-order valence-corrected chi connectivity index (χ2v) is 6.58. The molecule has 158 valence electrons. The van der Waals surface area contributed by atoms with Crippen LogP contribution < -0.4 is 0 Å². The van der Waals surface area contributed by atoms with Gasteiger partial charge >= 0.3 is 17.9 Å². The molecule has 0 aromatic carbocycles. The number of aliphatic carboxylic acids is 3. The smallest absolute Gasteiger partial charge is 0.330 e. The van der Waals surface area contributed by atoms with Gasteiger partial charge < -0.3 is 25.5 Å². The van der Waals surface area contributed by atoms with E-state index in [-0.39, 0.29) is 29.8 Å². The molecule has 0 fully saturated rings. The highest BCUT2D eigenvalue weighted by Gasteiger charge is 2.08. The Balaban J connectivity index is -0.000000142. The number of aliphatic hydroxyl groups excluding tert-OH is 2. The van der Waals surface area contributed by atoms with Crippen LogP contribution in [0.2, 0.25) is 0 Å². The Bertz CT molecular complexity index is 460. The molecule has 0 unspecified atom stereocenters. The lowest BCUT2D eigenvalue weighted by Crippen LogP contribution is -2.04. The summed E-state index contributed by atoms with van der Waals surface area (Å²) < 4.78 is 0. The van der Waals surface area contributed by atoms with E-state index in [1.165, 1.54) is 13.8 Å². The molecule has 0 saturated carbocycles. The van der Waals surface area contributed by atoms with Crippen molar-refractivity contribution in [2.24, 2.45) is 5.41 Å². The Morgan fingerprint density at radius 2 is 1.04 bits per heavy atom. The predicted molar refractivity (Wildman–Crippen MR) is 105 cm³/mol. The molecule has 5 N–H and O–H groups in total. The lowest BCUT2D eigenvalue weighted by molar-refractivity contribution is -0.133. The van der Waals surface area contributed by atoms with E-state index < -0.39 is 17.9 Å². The number of carbonyl (C=O) groups is 3.